The molecule has 0 aliphatic carbocycles. The van der Waals surface area contributed by atoms with Crippen molar-refractivity contribution in [2.24, 2.45) is 0 Å². The third-order valence-electron chi connectivity index (χ3n) is 1.96. The number of hydrogen-bond donors (Lipinski definition) is 3. The number of nitrogens with zero attached hydrogens (tertiary/aromatic N) is 2. The van der Waals surface area contributed by atoms with E-state index in [1.165, 1.54) is 0 Å². The predicted octanol–water partition coefficient (Wildman–Crippen LogP) is -1.11. The van der Waals surface area contributed by atoms with Crippen LogP contribution in [-0.2, 0) is 0 Å². The molecule has 0 saturated carbocycles. The molecule has 14 heavy (non-hydrogen) atoms. The van der Waals surface area contributed by atoms with E-state index < -0.39 is 0 Å². The van der Waals surface area contributed by atoms with Crippen molar-refractivity contribution in [1.29, 1.82) is 0 Å². The molecule has 0 saturated heterocycles. The maximum absolute atomic E-state index is 8.86. The largest absolute Gasteiger partial charge is 0.395 e. The van der Waals surface area contributed by atoms with Crippen molar-refractivity contribution in [2.75, 3.05) is 46.0 Å². The molecule has 0 spiro atoms. The zero-order valence-corrected chi connectivity index (χ0v) is 8.89. The monoisotopic (exact) mass is 206 g/mol. The van der Waals surface area contributed by atoms with E-state index in [0.29, 0.717) is 19.6 Å². The van der Waals surface area contributed by atoms with Crippen LogP contribution in [0.25, 0.3) is 0 Å². The van der Waals surface area contributed by atoms with Crippen LogP contribution in [0.3, 0.4) is 0 Å². The number of hydrazine groups is 1. The quantitative estimate of drug-likeness (QED) is 0.418. The van der Waals surface area contributed by atoms with Gasteiger partial charge in [-0.2, -0.15) is 0 Å². The highest BCUT2D eigenvalue weighted by Gasteiger charge is 2.12. The lowest BCUT2D eigenvalue weighted by molar-refractivity contribution is -0.0528. The number of rotatable bonds is 9. The first-order valence-corrected chi connectivity index (χ1v) is 5.12. The summed E-state index contributed by atoms with van der Waals surface area (Å²) in [6.07, 6.45) is 0.980. The van der Waals surface area contributed by atoms with Crippen LogP contribution >= 0.6 is 0 Å². The summed E-state index contributed by atoms with van der Waals surface area (Å²) in [5, 5.41) is 30.4. The molecule has 0 unspecified atom stereocenters. The summed E-state index contributed by atoms with van der Waals surface area (Å²) in [6, 6.07) is 0. The SMILES string of the molecule is CCCN(CCO)N(CCO)CCO. The highest BCUT2D eigenvalue weighted by Crippen LogP contribution is 1.98. The Morgan fingerprint density at radius 3 is 1.36 bits per heavy atom. The zero-order chi connectivity index (χ0) is 10.8. The molecule has 0 bridgehead atoms. The van der Waals surface area contributed by atoms with Crippen molar-refractivity contribution in [3.63, 3.8) is 0 Å². The Morgan fingerprint density at radius 2 is 1.07 bits per heavy atom. The molecular formula is C9H22N2O3. The summed E-state index contributed by atoms with van der Waals surface area (Å²) >= 11 is 0. The van der Waals surface area contributed by atoms with Gasteiger partial charge < -0.3 is 15.3 Å². The standard InChI is InChI=1S/C9H22N2O3/c1-2-3-10(4-7-12)11(5-8-13)6-9-14/h12-14H,2-9H2,1H3. The highest BCUT2D eigenvalue weighted by molar-refractivity contribution is 4.57. The Kier molecular flexibility index (Phi) is 9.23. The minimum Gasteiger partial charge on any atom is -0.395 e. The fourth-order valence-electron chi connectivity index (χ4n) is 1.39. The molecule has 0 aliphatic rings. The van der Waals surface area contributed by atoms with E-state index in [2.05, 4.69) is 6.92 Å². The summed E-state index contributed by atoms with van der Waals surface area (Å²) in [6.45, 7) is 4.65. The molecule has 3 N–H and O–H groups in total. The van der Waals surface area contributed by atoms with Crippen molar-refractivity contribution in [3.05, 3.63) is 0 Å². The van der Waals surface area contributed by atoms with Gasteiger partial charge in [0, 0.05) is 26.2 Å². The van der Waals surface area contributed by atoms with Crippen LogP contribution in [0.4, 0.5) is 0 Å². The van der Waals surface area contributed by atoms with E-state index in [1.807, 2.05) is 10.0 Å². The fourth-order valence-corrected chi connectivity index (χ4v) is 1.39. The van der Waals surface area contributed by atoms with Crippen molar-refractivity contribution in [2.45, 2.75) is 13.3 Å². The normalized spacial score (nSPS) is 11.6. The van der Waals surface area contributed by atoms with Crippen molar-refractivity contribution in [3.8, 4) is 0 Å². The Morgan fingerprint density at radius 1 is 0.714 bits per heavy atom. The predicted molar refractivity (Wildman–Crippen MR) is 54.7 cm³/mol. The number of aliphatic hydroxyl groups excluding tert-OH is 3. The molecule has 0 atom stereocenters. The Labute approximate surface area is 85.5 Å². The molecule has 0 heterocycles. The molecule has 86 valence electrons. The lowest BCUT2D eigenvalue weighted by atomic mass is 10.4. The smallest absolute Gasteiger partial charge is 0.0572 e. The number of hydrogen-bond acceptors (Lipinski definition) is 5. The van der Waals surface area contributed by atoms with E-state index in [9.17, 15) is 0 Å². The van der Waals surface area contributed by atoms with Crippen molar-refractivity contribution in [1.82, 2.24) is 10.0 Å². The van der Waals surface area contributed by atoms with Crippen LogP contribution in [0.2, 0.25) is 0 Å². The Balaban J connectivity index is 4.06. The first-order chi connectivity index (χ1) is 6.79. The van der Waals surface area contributed by atoms with E-state index in [0.717, 1.165) is 13.0 Å². The van der Waals surface area contributed by atoms with E-state index in [-0.39, 0.29) is 19.8 Å². The van der Waals surface area contributed by atoms with Crippen molar-refractivity contribution >= 4 is 0 Å². The maximum Gasteiger partial charge on any atom is 0.0572 e. The van der Waals surface area contributed by atoms with E-state index in [4.69, 9.17) is 15.3 Å². The van der Waals surface area contributed by atoms with Gasteiger partial charge in [-0.25, -0.2) is 10.0 Å². The molecule has 0 aromatic rings. The number of aliphatic hydroxyl groups is 3. The van der Waals surface area contributed by atoms with Crippen LogP contribution in [0, 0.1) is 0 Å². The van der Waals surface area contributed by atoms with E-state index in [1.54, 1.807) is 0 Å². The molecule has 0 radical (unpaired) electrons. The van der Waals surface area contributed by atoms with Gasteiger partial charge in [-0.15, -0.1) is 0 Å². The Bertz CT molecular complexity index is 98.6. The van der Waals surface area contributed by atoms with Gasteiger partial charge >= 0.3 is 0 Å². The lowest BCUT2D eigenvalue weighted by Gasteiger charge is -2.33. The van der Waals surface area contributed by atoms with Crippen molar-refractivity contribution < 1.29 is 15.3 Å². The van der Waals surface area contributed by atoms with Gasteiger partial charge in [0.25, 0.3) is 0 Å². The van der Waals surface area contributed by atoms with E-state index >= 15 is 0 Å². The van der Waals surface area contributed by atoms with Crippen LogP contribution in [0.5, 0.6) is 0 Å². The molecule has 0 aliphatic heterocycles. The zero-order valence-electron chi connectivity index (χ0n) is 8.89. The van der Waals surface area contributed by atoms with Crippen LogP contribution in [-0.4, -0.2) is 71.3 Å². The minimum absolute atomic E-state index is 0.0612. The second kappa shape index (κ2) is 9.36. The second-order valence-electron chi connectivity index (χ2n) is 3.08. The van der Waals surface area contributed by atoms with Gasteiger partial charge in [-0.1, -0.05) is 6.92 Å². The maximum atomic E-state index is 8.86. The van der Waals surface area contributed by atoms with Crippen LogP contribution in [0.1, 0.15) is 13.3 Å². The first kappa shape index (κ1) is 13.8. The minimum atomic E-state index is 0.0612. The van der Waals surface area contributed by atoms with Gasteiger partial charge in [0.05, 0.1) is 19.8 Å². The fraction of sp³-hybridized carbons (Fsp3) is 1.00. The van der Waals surface area contributed by atoms with Gasteiger partial charge in [-0.3, -0.25) is 0 Å². The van der Waals surface area contributed by atoms with Crippen LogP contribution < -0.4 is 0 Å². The third-order valence-corrected chi connectivity index (χ3v) is 1.96. The molecule has 0 amide bonds. The van der Waals surface area contributed by atoms with Gasteiger partial charge in [0.2, 0.25) is 0 Å². The first-order valence-electron chi connectivity index (χ1n) is 5.12. The summed E-state index contributed by atoms with van der Waals surface area (Å²) in [5.41, 5.74) is 0. The molecule has 0 fully saturated rings. The summed E-state index contributed by atoms with van der Waals surface area (Å²) in [7, 11) is 0. The molecule has 0 aromatic carbocycles. The molecule has 0 aromatic heterocycles. The van der Waals surface area contributed by atoms with Crippen LogP contribution in [0.15, 0.2) is 0 Å². The van der Waals surface area contributed by atoms with Gasteiger partial charge in [0.15, 0.2) is 0 Å². The topological polar surface area (TPSA) is 67.2 Å². The average molecular weight is 206 g/mol. The summed E-state index contributed by atoms with van der Waals surface area (Å²) in [4.78, 5) is 0. The second-order valence-corrected chi connectivity index (χ2v) is 3.08. The summed E-state index contributed by atoms with van der Waals surface area (Å²) < 4.78 is 0. The highest BCUT2D eigenvalue weighted by atomic mass is 16.3. The lowest BCUT2D eigenvalue weighted by Crippen LogP contribution is -2.47. The van der Waals surface area contributed by atoms with Gasteiger partial charge in [0.1, 0.15) is 0 Å². The summed E-state index contributed by atoms with van der Waals surface area (Å²) in [5.74, 6) is 0. The molecular weight excluding hydrogens is 184 g/mol. The van der Waals surface area contributed by atoms with Gasteiger partial charge in [-0.05, 0) is 6.42 Å². The molecule has 5 heteroatoms. The third kappa shape index (κ3) is 5.51. The average Bonchev–Trinajstić information content (AvgIpc) is 2.17. The molecule has 5 nitrogen and oxygen atoms in total. The molecule has 0 rings (SSSR count). The Hall–Kier alpha value is -0.200.